The topological polar surface area (TPSA) is 70.2 Å². The largest absolute Gasteiger partial charge is 0.376 e. The molecule has 0 saturated heterocycles. The van der Waals surface area contributed by atoms with E-state index in [0.29, 0.717) is 12.1 Å². The van der Waals surface area contributed by atoms with Gasteiger partial charge in [0.2, 0.25) is 5.91 Å². The van der Waals surface area contributed by atoms with Crippen molar-refractivity contribution in [1.82, 2.24) is 10.6 Å². The fourth-order valence-electron chi connectivity index (χ4n) is 1.72. The smallest absolute Gasteiger partial charge is 0.251 e. The molecule has 0 bridgehead atoms. The minimum Gasteiger partial charge on any atom is -0.376 e. The SMILES string of the molecule is CCCNC(=O)CNc1ccc(C(=O)NC(C)(C)CC)cc1. The lowest BCUT2D eigenvalue weighted by atomic mass is 10.0. The van der Waals surface area contributed by atoms with Gasteiger partial charge in [0.25, 0.3) is 5.91 Å². The van der Waals surface area contributed by atoms with Crippen molar-refractivity contribution in [3.05, 3.63) is 29.8 Å². The van der Waals surface area contributed by atoms with Gasteiger partial charge < -0.3 is 16.0 Å². The van der Waals surface area contributed by atoms with Crippen molar-refractivity contribution in [3.8, 4) is 0 Å². The summed E-state index contributed by atoms with van der Waals surface area (Å²) in [4.78, 5) is 23.6. The van der Waals surface area contributed by atoms with Gasteiger partial charge in [-0.2, -0.15) is 0 Å². The van der Waals surface area contributed by atoms with Gasteiger partial charge in [0.15, 0.2) is 0 Å². The molecule has 5 nitrogen and oxygen atoms in total. The fourth-order valence-corrected chi connectivity index (χ4v) is 1.72. The maximum atomic E-state index is 12.1. The van der Waals surface area contributed by atoms with Crippen LogP contribution >= 0.6 is 0 Å². The molecule has 5 heteroatoms. The average Bonchev–Trinajstić information content (AvgIpc) is 2.51. The third kappa shape index (κ3) is 6.16. The minimum absolute atomic E-state index is 0.0339. The molecule has 1 aromatic rings. The predicted molar refractivity (Wildman–Crippen MR) is 90.1 cm³/mol. The maximum absolute atomic E-state index is 12.1. The molecule has 0 saturated carbocycles. The third-order valence-corrected chi connectivity index (χ3v) is 3.51. The van der Waals surface area contributed by atoms with Gasteiger partial charge in [-0.15, -0.1) is 0 Å². The van der Waals surface area contributed by atoms with Gasteiger partial charge in [0.05, 0.1) is 6.54 Å². The van der Waals surface area contributed by atoms with Gasteiger partial charge in [0, 0.05) is 23.3 Å². The van der Waals surface area contributed by atoms with Crippen molar-refractivity contribution in [2.24, 2.45) is 0 Å². The number of nitrogens with one attached hydrogen (secondary N) is 3. The Morgan fingerprint density at radius 3 is 2.27 bits per heavy atom. The lowest BCUT2D eigenvalue weighted by Gasteiger charge is -2.24. The highest BCUT2D eigenvalue weighted by atomic mass is 16.2. The molecule has 1 rings (SSSR count). The first-order valence-electron chi connectivity index (χ1n) is 7.81. The lowest BCUT2D eigenvalue weighted by molar-refractivity contribution is -0.119. The zero-order chi connectivity index (χ0) is 16.6. The summed E-state index contributed by atoms with van der Waals surface area (Å²) in [5, 5.41) is 8.83. The molecule has 0 aliphatic heterocycles. The summed E-state index contributed by atoms with van der Waals surface area (Å²) in [6.45, 7) is 8.96. The number of amides is 2. The summed E-state index contributed by atoms with van der Waals surface area (Å²) >= 11 is 0. The first kappa shape index (κ1) is 18.0. The predicted octanol–water partition coefficient (Wildman–Crippen LogP) is 2.54. The van der Waals surface area contributed by atoms with Crippen molar-refractivity contribution in [1.29, 1.82) is 0 Å². The second-order valence-electron chi connectivity index (χ2n) is 5.97. The van der Waals surface area contributed by atoms with Gasteiger partial charge in [-0.25, -0.2) is 0 Å². The second-order valence-corrected chi connectivity index (χ2v) is 5.97. The molecule has 0 heterocycles. The fraction of sp³-hybridized carbons (Fsp3) is 0.529. The van der Waals surface area contributed by atoms with Gasteiger partial charge in [-0.1, -0.05) is 13.8 Å². The molecule has 0 aromatic heterocycles. The molecule has 0 aliphatic carbocycles. The average molecular weight is 305 g/mol. The van der Waals surface area contributed by atoms with E-state index in [1.807, 2.05) is 27.7 Å². The highest BCUT2D eigenvalue weighted by Gasteiger charge is 2.18. The van der Waals surface area contributed by atoms with Crippen LogP contribution in [0.2, 0.25) is 0 Å². The molecule has 3 N–H and O–H groups in total. The number of carbonyl (C=O) groups is 2. The van der Waals surface area contributed by atoms with E-state index in [4.69, 9.17) is 0 Å². The third-order valence-electron chi connectivity index (χ3n) is 3.51. The Labute approximate surface area is 132 Å². The van der Waals surface area contributed by atoms with E-state index in [1.165, 1.54) is 0 Å². The molecular weight excluding hydrogens is 278 g/mol. The number of rotatable bonds is 8. The zero-order valence-corrected chi connectivity index (χ0v) is 14.0. The van der Waals surface area contributed by atoms with Crippen molar-refractivity contribution in [2.45, 2.75) is 46.1 Å². The van der Waals surface area contributed by atoms with Crippen LogP contribution in [0.5, 0.6) is 0 Å². The molecule has 1 aromatic carbocycles. The van der Waals surface area contributed by atoms with E-state index in [1.54, 1.807) is 24.3 Å². The van der Waals surface area contributed by atoms with E-state index < -0.39 is 0 Å². The number of hydrogen-bond donors (Lipinski definition) is 3. The van der Waals surface area contributed by atoms with Gasteiger partial charge in [-0.05, 0) is 51.0 Å². The molecule has 0 radical (unpaired) electrons. The van der Waals surface area contributed by atoms with Gasteiger partial charge in [-0.3, -0.25) is 9.59 Å². The number of benzene rings is 1. The number of anilines is 1. The van der Waals surface area contributed by atoms with Crippen molar-refractivity contribution in [2.75, 3.05) is 18.4 Å². The summed E-state index contributed by atoms with van der Waals surface area (Å²) in [6.07, 6.45) is 1.79. The Bertz CT molecular complexity index is 495. The van der Waals surface area contributed by atoms with E-state index in [-0.39, 0.29) is 23.9 Å². The molecule has 0 fully saturated rings. The van der Waals surface area contributed by atoms with Crippen LogP contribution in [0, 0.1) is 0 Å². The lowest BCUT2D eigenvalue weighted by Crippen LogP contribution is -2.42. The summed E-state index contributed by atoms with van der Waals surface area (Å²) in [7, 11) is 0. The van der Waals surface area contributed by atoms with Crippen LogP contribution < -0.4 is 16.0 Å². The second kappa shape index (κ2) is 8.41. The van der Waals surface area contributed by atoms with Crippen molar-refractivity contribution in [3.63, 3.8) is 0 Å². The van der Waals surface area contributed by atoms with E-state index >= 15 is 0 Å². The van der Waals surface area contributed by atoms with Crippen LogP contribution in [0.4, 0.5) is 5.69 Å². The molecule has 2 amide bonds. The Morgan fingerprint density at radius 2 is 1.73 bits per heavy atom. The Kier molecular flexibility index (Phi) is 6.89. The van der Waals surface area contributed by atoms with Crippen molar-refractivity contribution >= 4 is 17.5 Å². The highest BCUT2D eigenvalue weighted by Crippen LogP contribution is 2.12. The number of hydrogen-bond acceptors (Lipinski definition) is 3. The molecule has 22 heavy (non-hydrogen) atoms. The van der Waals surface area contributed by atoms with Crippen LogP contribution in [0.1, 0.15) is 50.9 Å². The van der Waals surface area contributed by atoms with E-state index in [0.717, 1.165) is 18.5 Å². The van der Waals surface area contributed by atoms with Crippen LogP contribution in [-0.4, -0.2) is 30.4 Å². The summed E-state index contributed by atoms with van der Waals surface area (Å²) in [5.41, 5.74) is 1.21. The summed E-state index contributed by atoms with van der Waals surface area (Å²) in [5.74, 6) is -0.118. The monoisotopic (exact) mass is 305 g/mol. The van der Waals surface area contributed by atoms with Crippen LogP contribution in [0.25, 0.3) is 0 Å². The van der Waals surface area contributed by atoms with Gasteiger partial charge in [0.1, 0.15) is 0 Å². The maximum Gasteiger partial charge on any atom is 0.251 e. The van der Waals surface area contributed by atoms with Crippen LogP contribution in [0.3, 0.4) is 0 Å². The highest BCUT2D eigenvalue weighted by molar-refractivity contribution is 5.95. The molecule has 0 spiro atoms. The zero-order valence-electron chi connectivity index (χ0n) is 14.0. The molecule has 0 aliphatic rings. The Hall–Kier alpha value is -2.04. The van der Waals surface area contributed by atoms with Gasteiger partial charge >= 0.3 is 0 Å². The molecule has 0 unspecified atom stereocenters. The summed E-state index contributed by atoms with van der Waals surface area (Å²) in [6, 6.07) is 7.13. The molecule has 0 atom stereocenters. The first-order valence-corrected chi connectivity index (χ1v) is 7.81. The Balaban J connectivity index is 2.52. The van der Waals surface area contributed by atoms with Crippen molar-refractivity contribution < 1.29 is 9.59 Å². The minimum atomic E-state index is -0.217. The Morgan fingerprint density at radius 1 is 1.09 bits per heavy atom. The van der Waals surface area contributed by atoms with Crippen LogP contribution in [-0.2, 0) is 4.79 Å². The standard InChI is InChI=1S/C17H27N3O2/c1-5-11-18-15(21)12-19-14-9-7-13(8-10-14)16(22)20-17(3,4)6-2/h7-10,19H,5-6,11-12H2,1-4H3,(H,18,21)(H,20,22). The van der Waals surface area contributed by atoms with Crippen LogP contribution in [0.15, 0.2) is 24.3 Å². The molecular formula is C17H27N3O2. The number of carbonyl (C=O) groups excluding carboxylic acids is 2. The molecule has 122 valence electrons. The summed E-state index contributed by atoms with van der Waals surface area (Å²) < 4.78 is 0. The van der Waals surface area contributed by atoms with E-state index in [2.05, 4.69) is 16.0 Å². The normalized spacial score (nSPS) is 10.9. The van der Waals surface area contributed by atoms with E-state index in [9.17, 15) is 9.59 Å². The first-order chi connectivity index (χ1) is 10.4. The quantitative estimate of drug-likeness (QED) is 0.691.